The molecule has 20 heavy (non-hydrogen) atoms. The molecule has 0 aliphatic rings. The van der Waals surface area contributed by atoms with E-state index in [1.165, 1.54) is 6.07 Å². The smallest absolute Gasteiger partial charge is 0.417 e. The maximum Gasteiger partial charge on any atom is 0.417 e. The summed E-state index contributed by atoms with van der Waals surface area (Å²) in [5.41, 5.74) is -2.59. The van der Waals surface area contributed by atoms with Gasteiger partial charge in [0.05, 0.1) is 16.8 Å². The minimum atomic E-state index is -4.69. The van der Waals surface area contributed by atoms with Crippen LogP contribution in [0.5, 0.6) is 0 Å². The van der Waals surface area contributed by atoms with Crippen molar-refractivity contribution in [3.63, 3.8) is 0 Å². The van der Waals surface area contributed by atoms with E-state index in [2.05, 4.69) is 4.98 Å². The average molecular weight is 285 g/mol. The van der Waals surface area contributed by atoms with E-state index >= 15 is 0 Å². The highest BCUT2D eigenvalue weighted by molar-refractivity contribution is 5.95. The van der Waals surface area contributed by atoms with E-state index in [1.54, 1.807) is 0 Å². The molecule has 1 aromatic carbocycles. The number of pyridine rings is 1. The van der Waals surface area contributed by atoms with Crippen molar-refractivity contribution in [3.05, 3.63) is 53.5 Å². The molecule has 7 heteroatoms. The minimum Gasteiger partial charge on any atom is -0.478 e. The van der Waals surface area contributed by atoms with E-state index in [4.69, 9.17) is 5.11 Å². The number of carboxylic acid groups (broad SMARTS) is 1. The molecule has 1 N–H and O–H groups in total. The number of carbonyl (C=O) groups is 1. The Bertz CT molecular complexity index is 668. The number of carboxylic acids is 1. The number of aromatic nitrogens is 1. The van der Waals surface area contributed by atoms with Crippen molar-refractivity contribution in [1.29, 1.82) is 0 Å². The van der Waals surface area contributed by atoms with Crippen molar-refractivity contribution in [2.45, 2.75) is 6.18 Å². The molecule has 0 aliphatic carbocycles. The average Bonchev–Trinajstić information content (AvgIpc) is 2.37. The summed E-state index contributed by atoms with van der Waals surface area (Å²) in [4.78, 5) is 14.3. The normalized spacial score (nSPS) is 11.4. The second-order valence-corrected chi connectivity index (χ2v) is 3.88. The van der Waals surface area contributed by atoms with Crippen LogP contribution in [0.25, 0.3) is 11.3 Å². The van der Waals surface area contributed by atoms with Gasteiger partial charge in [-0.25, -0.2) is 9.78 Å². The molecule has 0 amide bonds. The Morgan fingerprint density at radius 3 is 2.35 bits per heavy atom. The first-order valence-electron chi connectivity index (χ1n) is 5.37. The van der Waals surface area contributed by atoms with Gasteiger partial charge in [-0.15, -0.1) is 0 Å². The summed E-state index contributed by atoms with van der Waals surface area (Å²) in [5, 5.41) is 8.97. The number of rotatable bonds is 2. The number of hydrogen-bond acceptors (Lipinski definition) is 2. The monoisotopic (exact) mass is 285 g/mol. The molecular formula is C13H7F4NO2. The third kappa shape index (κ3) is 2.61. The van der Waals surface area contributed by atoms with Gasteiger partial charge >= 0.3 is 12.1 Å². The molecule has 2 aromatic rings. The molecule has 0 radical (unpaired) electrons. The first-order chi connectivity index (χ1) is 9.30. The van der Waals surface area contributed by atoms with Crippen LogP contribution in [0.3, 0.4) is 0 Å². The molecule has 104 valence electrons. The molecule has 0 spiro atoms. The minimum absolute atomic E-state index is 0.475. The van der Waals surface area contributed by atoms with Gasteiger partial charge in [-0.05, 0) is 18.2 Å². The largest absolute Gasteiger partial charge is 0.478 e. The van der Waals surface area contributed by atoms with Crippen LogP contribution in [0, 0.1) is 5.95 Å². The Kier molecular flexibility index (Phi) is 3.44. The zero-order valence-electron chi connectivity index (χ0n) is 9.78. The number of halogens is 4. The Morgan fingerprint density at radius 2 is 1.75 bits per heavy atom. The third-order valence-electron chi connectivity index (χ3n) is 2.58. The van der Waals surface area contributed by atoms with Crippen LogP contribution >= 0.6 is 0 Å². The number of alkyl halides is 3. The van der Waals surface area contributed by atoms with Crippen molar-refractivity contribution in [2.24, 2.45) is 0 Å². The fourth-order valence-electron chi connectivity index (χ4n) is 1.75. The van der Waals surface area contributed by atoms with Gasteiger partial charge in [0, 0.05) is 5.56 Å². The molecule has 0 aliphatic heterocycles. The fraction of sp³-hybridized carbons (Fsp3) is 0.0769. The van der Waals surface area contributed by atoms with Crippen LogP contribution in [0.15, 0.2) is 36.4 Å². The topological polar surface area (TPSA) is 50.2 Å². The molecule has 1 heterocycles. The van der Waals surface area contributed by atoms with Crippen LogP contribution in [0.1, 0.15) is 15.9 Å². The number of aromatic carboxylic acids is 1. The lowest BCUT2D eigenvalue weighted by atomic mass is 10.00. The van der Waals surface area contributed by atoms with Gasteiger partial charge in [-0.3, -0.25) is 0 Å². The van der Waals surface area contributed by atoms with Gasteiger partial charge in [0.2, 0.25) is 5.95 Å². The van der Waals surface area contributed by atoms with E-state index in [0.29, 0.717) is 0 Å². The van der Waals surface area contributed by atoms with Gasteiger partial charge in [-0.2, -0.15) is 17.6 Å². The molecule has 0 saturated heterocycles. The standard InChI is InChI=1S/C13H7F4NO2/c14-10-6-5-8(12(19)20)11(18-10)7-3-1-2-4-9(7)13(15,16)17/h1-6H,(H,19,20). The molecule has 0 fully saturated rings. The van der Waals surface area contributed by atoms with Crippen LogP contribution in [0.4, 0.5) is 17.6 Å². The van der Waals surface area contributed by atoms with E-state index in [1.807, 2.05) is 0 Å². The van der Waals surface area contributed by atoms with E-state index in [-0.39, 0.29) is 0 Å². The van der Waals surface area contributed by atoms with E-state index < -0.39 is 40.5 Å². The second-order valence-electron chi connectivity index (χ2n) is 3.88. The Labute approximate surface area is 110 Å². The maximum atomic E-state index is 13.1. The maximum absolute atomic E-state index is 13.1. The summed E-state index contributed by atoms with van der Waals surface area (Å²) in [5.74, 6) is -2.54. The highest BCUT2D eigenvalue weighted by atomic mass is 19.4. The predicted molar refractivity (Wildman–Crippen MR) is 61.6 cm³/mol. The molecule has 0 bridgehead atoms. The van der Waals surface area contributed by atoms with Crippen molar-refractivity contribution in [2.75, 3.05) is 0 Å². The lowest BCUT2D eigenvalue weighted by Gasteiger charge is -2.13. The SMILES string of the molecule is O=C(O)c1ccc(F)nc1-c1ccccc1C(F)(F)F. The highest BCUT2D eigenvalue weighted by Gasteiger charge is 2.34. The Hall–Kier alpha value is -2.44. The molecule has 2 rings (SSSR count). The number of benzene rings is 1. The van der Waals surface area contributed by atoms with Crippen LogP contribution in [0.2, 0.25) is 0 Å². The van der Waals surface area contributed by atoms with Crippen molar-refractivity contribution < 1.29 is 27.5 Å². The van der Waals surface area contributed by atoms with Gasteiger partial charge < -0.3 is 5.11 Å². The summed E-state index contributed by atoms with van der Waals surface area (Å²) in [7, 11) is 0. The van der Waals surface area contributed by atoms with E-state index in [0.717, 1.165) is 30.3 Å². The van der Waals surface area contributed by atoms with Gasteiger partial charge in [0.15, 0.2) is 0 Å². The van der Waals surface area contributed by atoms with E-state index in [9.17, 15) is 22.4 Å². The first kappa shape index (κ1) is 14.0. The summed E-state index contributed by atoms with van der Waals surface area (Å²) in [6.45, 7) is 0. The quantitative estimate of drug-likeness (QED) is 0.677. The fourth-order valence-corrected chi connectivity index (χ4v) is 1.75. The van der Waals surface area contributed by atoms with Crippen molar-refractivity contribution >= 4 is 5.97 Å². The highest BCUT2D eigenvalue weighted by Crippen LogP contribution is 2.37. The molecule has 3 nitrogen and oxygen atoms in total. The predicted octanol–water partition coefficient (Wildman–Crippen LogP) is 3.60. The Morgan fingerprint density at radius 1 is 1.10 bits per heavy atom. The summed E-state index contributed by atoms with van der Waals surface area (Å²) >= 11 is 0. The summed E-state index contributed by atoms with van der Waals surface area (Å²) in [6, 6.07) is 5.95. The van der Waals surface area contributed by atoms with Crippen LogP contribution in [-0.4, -0.2) is 16.1 Å². The molecular weight excluding hydrogens is 278 g/mol. The zero-order valence-corrected chi connectivity index (χ0v) is 9.78. The lowest BCUT2D eigenvalue weighted by Crippen LogP contribution is -2.10. The van der Waals surface area contributed by atoms with Crippen LogP contribution < -0.4 is 0 Å². The summed E-state index contributed by atoms with van der Waals surface area (Å²) < 4.78 is 51.8. The number of hydrogen-bond donors (Lipinski definition) is 1. The molecule has 1 aromatic heterocycles. The second kappa shape index (κ2) is 4.92. The van der Waals surface area contributed by atoms with Gasteiger partial charge in [0.1, 0.15) is 0 Å². The van der Waals surface area contributed by atoms with Crippen molar-refractivity contribution in [3.8, 4) is 11.3 Å². The van der Waals surface area contributed by atoms with Crippen molar-refractivity contribution in [1.82, 2.24) is 4.98 Å². The summed E-state index contributed by atoms with van der Waals surface area (Å²) in [6.07, 6.45) is -4.69. The van der Waals surface area contributed by atoms with Crippen LogP contribution in [-0.2, 0) is 6.18 Å². The van der Waals surface area contributed by atoms with Gasteiger partial charge in [-0.1, -0.05) is 18.2 Å². The molecule has 0 atom stereocenters. The first-order valence-corrected chi connectivity index (χ1v) is 5.37. The molecule has 0 saturated carbocycles. The zero-order chi connectivity index (χ0) is 14.9. The van der Waals surface area contributed by atoms with Gasteiger partial charge in [0.25, 0.3) is 0 Å². The molecule has 0 unspecified atom stereocenters. The third-order valence-corrected chi connectivity index (χ3v) is 2.58. The Balaban J connectivity index is 2.75. The number of nitrogens with zero attached hydrogens (tertiary/aromatic N) is 1. The lowest BCUT2D eigenvalue weighted by molar-refractivity contribution is -0.137.